The van der Waals surface area contributed by atoms with E-state index in [-0.39, 0.29) is 23.8 Å². The molecule has 1 aliphatic rings. The van der Waals surface area contributed by atoms with Gasteiger partial charge in [-0.25, -0.2) is 8.42 Å². The van der Waals surface area contributed by atoms with E-state index < -0.39 is 10.0 Å². The van der Waals surface area contributed by atoms with Crippen molar-refractivity contribution in [2.24, 2.45) is 18.9 Å². The van der Waals surface area contributed by atoms with Gasteiger partial charge in [0.15, 0.2) is 0 Å². The molecule has 1 fully saturated rings. The molecule has 1 aliphatic heterocycles. The Morgan fingerprint density at radius 2 is 1.77 bits per heavy atom. The number of hydrogen-bond donors (Lipinski definition) is 1. The number of piperidine rings is 1. The van der Waals surface area contributed by atoms with E-state index in [1.165, 1.54) is 9.87 Å². The minimum atomic E-state index is -3.50. The van der Waals surface area contributed by atoms with Crippen molar-refractivity contribution in [2.75, 3.05) is 13.1 Å². The zero-order valence-corrected chi connectivity index (χ0v) is 19.2. The third-order valence-corrected chi connectivity index (χ3v) is 7.86. The number of nitrogens with zero attached hydrogens (tertiary/aromatic N) is 2. The summed E-state index contributed by atoms with van der Waals surface area (Å²) in [5.41, 5.74) is 2.39. The van der Waals surface area contributed by atoms with Gasteiger partial charge >= 0.3 is 0 Å². The Hall–Kier alpha value is -2.12. The van der Waals surface area contributed by atoms with Gasteiger partial charge in [0.1, 0.15) is 0 Å². The second kappa shape index (κ2) is 9.35. The molecule has 0 spiro atoms. The number of amides is 1. The monoisotopic (exact) mass is 431 g/mol. The maximum absolute atomic E-state index is 13.0. The molecule has 164 valence electrons. The van der Waals surface area contributed by atoms with E-state index in [2.05, 4.69) is 50.4 Å². The van der Waals surface area contributed by atoms with Crippen LogP contribution in [0.5, 0.6) is 0 Å². The Labute approximate surface area is 180 Å². The second-order valence-corrected chi connectivity index (χ2v) is 10.5. The Bertz CT molecular complexity index is 956. The second-order valence-electron chi connectivity index (χ2n) is 8.52. The number of aryl methyl sites for hydroxylation is 2. The molecule has 0 aliphatic carbocycles. The van der Waals surface area contributed by atoms with Crippen LogP contribution in [0.4, 0.5) is 0 Å². The number of aromatic nitrogens is 1. The smallest absolute Gasteiger partial charge is 0.244 e. The lowest BCUT2D eigenvalue weighted by Gasteiger charge is -2.32. The van der Waals surface area contributed by atoms with Crippen LogP contribution in [0.15, 0.2) is 47.6 Å². The van der Waals surface area contributed by atoms with E-state index in [0.29, 0.717) is 30.8 Å². The molecule has 2 aromatic rings. The lowest BCUT2D eigenvalue weighted by atomic mass is 9.92. The Balaban J connectivity index is 1.62. The molecule has 3 rings (SSSR count). The molecule has 6 nitrogen and oxygen atoms in total. The molecule has 1 aromatic carbocycles. The van der Waals surface area contributed by atoms with Crippen molar-refractivity contribution in [1.29, 1.82) is 0 Å². The molecule has 0 radical (unpaired) electrons. The molecular formula is C23H33N3O3S. The van der Waals surface area contributed by atoms with Crippen LogP contribution in [0.3, 0.4) is 0 Å². The molecule has 30 heavy (non-hydrogen) atoms. The molecule has 0 bridgehead atoms. The quantitative estimate of drug-likeness (QED) is 0.729. The van der Waals surface area contributed by atoms with Crippen LogP contribution in [-0.4, -0.2) is 36.3 Å². The predicted octanol–water partition coefficient (Wildman–Crippen LogP) is 3.50. The topological polar surface area (TPSA) is 71.4 Å². The maximum atomic E-state index is 13.0. The fraction of sp³-hybridized carbons (Fsp3) is 0.522. The van der Waals surface area contributed by atoms with Gasteiger partial charge in [0.25, 0.3) is 0 Å². The van der Waals surface area contributed by atoms with E-state index in [0.717, 1.165) is 12.0 Å². The summed E-state index contributed by atoms with van der Waals surface area (Å²) in [5, 5.41) is 3.22. The Kier molecular flexibility index (Phi) is 7.03. The van der Waals surface area contributed by atoms with Gasteiger partial charge in [-0.3, -0.25) is 4.79 Å². The summed E-state index contributed by atoms with van der Waals surface area (Å²) in [5.74, 6) is 0.119. The zero-order valence-electron chi connectivity index (χ0n) is 18.3. The number of nitrogens with one attached hydrogen (secondary N) is 1. The summed E-state index contributed by atoms with van der Waals surface area (Å²) in [6.45, 7) is 7.07. The first-order valence-corrected chi connectivity index (χ1v) is 12.2. The van der Waals surface area contributed by atoms with E-state index >= 15 is 0 Å². The predicted molar refractivity (Wildman–Crippen MR) is 118 cm³/mol. The van der Waals surface area contributed by atoms with Crippen LogP contribution >= 0.6 is 0 Å². The first-order chi connectivity index (χ1) is 14.2. The number of benzene rings is 1. The van der Waals surface area contributed by atoms with Crippen LogP contribution < -0.4 is 5.32 Å². The molecule has 1 amide bonds. The first-order valence-electron chi connectivity index (χ1n) is 10.7. The SMILES string of the molecule is CCc1ccc([C@@H](NC(=O)C2CCN(S(=O)(=O)c3ccn(C)c3)CC2)C(C)C)cc1. The average Bonchev–Trinajstić information content (AvgIpc) is 3.19. The van der Waals surface area contributed by atoms with Crippen LogP contribution in [0.2, 0.25) is 0 Å². The van der Waals surface area contributed by atoms with E-state index in [4.69, 9.17) is 0 Å². The molecule has 1 aromatic heterocycles. The standard InChI is InChI=1S/C23H33N3O3S/c1-5-18-6-8-19(9-7-18)22(17(2)3)24-23(27)20-10-14-26(15-11-20)30(28,29)21-12-13-25(4)16-21/h6-9,12-13,16-17,20,22H,5,10-11,14-15H2,1-4H3,(H,24,27)/t22-/m0/s1. The van der Waals surface area contributed by atoms with E-state index in [1.807, 2.05) is 0 Å². The van der Waals surface area contributed by atoms with E-state index in [1.54, 1.807) is 30.1 Å². The summed E-state index contributed by atoms with van der Waals surface area (Å²) in [7, 11) is -1.69. The summed E-state index contributed by atoms with van der Waals surface area (Å²) in [6.07, 6.45) is 5.41. The maximum Gasteiger partial charge on any atom is 0.244 e. The van der Waals surface area contributed by atoms with Gasteiger partial charge in [0.2, 0.25) is 15.9 Å². The van der Waals surface area contributed by atoms with Gasteiger partial charge in [-0.1, -0.05) is 45.0 Å². The lowest BCUT2D eigenvalue weighted by molar-refractivity contribution is -0.127. The third-order valence-electron chi connectivity index (χ3n) is 5.98. The van der Waals surface area contributed by atoms with Crippen molar-refractivity contribution in [3.05, 3.63) is 53.9 Å². The van der Waals surface area contributed by atoms with Gasteiger partial charge in [-0.2, -0.15) is 4.31 Å². The molecule has 0 unspecified atom stereocenters. The highest BCUT2D eigenvalue weighted by atomic mass is 32.2. The van der Waals surface area contributed by atoms with Crippen LogP contribution in [0.1, 0.15) is 50.8 Å². The number of carbonyl (C=O) groups excluding carboxylic acids is 1. The van der Waals surface area contributed by atoms with Gasteiger partial charge in [-0.15, -0.1) is 0 Å². The highest BCUT2D eigenvalue weighted by molar-refractivity contribution is 7.89. The average molecular weight is 432 g/mol. The molecular weight excluding hydrogens is 398 g/mol. The van der Waals surface area contributed by atoms with Crippen molar-refractivity contribution in [1.82, 2.24) is 14.2 Å². The molecule has 1 N–H and O–H groups in total. The summed E-state index contributed by atoms with van der Waals surface area (Å²) in [4.78, 5) is 13.3. The molecule has 1 saturated heterocycles. The lowest BCUT2D eigenvalue weighted by Crippen LogP contribution is -2.44. The summed E-state index contributed by atoms with van der Waals surface area (Å²) < 4.78 is 28.8. The number of hydrogen-bond acceptors (Lipinski definition) is 3. The minimum absolute atomic E-state index is 0.0185. The fourth-order valence-corrected chi connectivity index (χ4v) is 5.53. The number of rotatable bonds is 7. The Morgan fingerprint density at radius 1 is 1.13 bits per heavy atom. The number of carbonyl (C=O) groups is 1. The van der Waals surface area contributed by atoms with Crippen LogP contribution in [0.25, 0.3) is 0 Å². The number of sulfonamides is 1. The molecule has 7 heteroatoms. The Morgan fingerprint density at radius 3 is 2.27 bits per heavy atom. The normalized spacial score (nSPS) is 17.2. The van der Waals surface area contributed by atoms with Crippen molar-refractivity contribution in [3.63, 3.8) is 0 Å². The van der Waals surface area contributed by atoms with Crippen molar-refractivity contribution in [3.8, 4) is 0 Å². The first kappa shape index (κ1) is 22.6. The van der Waals surface area contributed by atoms with Gasteiger partial charge < -0.3 is 9.88 Å². The van der Waals surface area contributed by atoms with Gasteiger partial charge in [-0.05, 0) is 42.4 Å². The molecule has 2 heterocycles. The molecule has 0 saturated carbocycles. The van der Waals surface area contributed by atoms with Gasteiger partial charge in [0, 0.05) is 38.4 Å². The highest BCUT2D eigenvalue weighted by Gasteiger charge is 2.33. The zero-order chi connectivity index (χ0) is 21.9. The minimum Gasteiger partial charge on any atom is -0.356 e. The van der Waals surface area contributed by atoms with Crippen LogP contribution in [0, 0.1) is 11.8 Å². The van der Waals surface area contributed by atoms with Crippen molar-refractivity contribution < 1.29 is 13.2 Å². The van der Waals surface area contributed by atoms with Gasteiger partial charge in [0.05, 0.1) is 10.9 Å². The fourth-order valence-electron chi connectivity index (χ4n) is 4.00. The van der Waals surface area contributed by atoms with Crippen molar-refractivity contribution in [2.45, 2.75) is 51.0 Å². The van der Waals surface area contributed by atoms with E-state index in [9.17, 15) is 13.2 Å². The van der Waals surface area contributed by atoms with Crippen LogP contribution in [-0.2, 0) is 28.3 Å². The van der Waals surface area contributed by atoms with Crippen molar-refractivity contribution >= 4 is 15.9 Å². The largest absolute Gasteiger partial charge is 0.356 e. The third kappa shape index (κ3) is 4.95. The summed E-state index contributed by atoms with van der Waals surface area (Å²) >= 11 is 0. The molecule has 1 atom stereocenters. The summed E-state index contributed by atoms with van der Waals surface area (Å²) in [6, 6.07) is 9.99. The highest BCUT2D eigenvalue weighted by Crippen LogP contribution is 2.27.